The normalized spacial score (nSPS) is 10.8. The van der Waals surface area contributed by atoms with E-state index in [9.17, 15) is 4.79 Å². The number of carbonyl (C=O) groups is 1. The minimum Gasteiger partial charge on any atom is -0.478 e. The summed E-state index contributed by atoms with van der Waals surface area (Å²) < 4.78 is 5.00. The molecule has 2 aromatic heterocycles. The molecular weight excluding hydrogens is 232 g/mol. The van der Waals surface area contributed by atoms with Gasteiger partial charge in [-0.3, -0.25) is 9.88 Å². The maximum Gasteiger partial charge on any atom is 0.337 e. The van der Waals surface area contributed by atoms with Gasteiger partial charge in [0.2, 0.25) is 0 Å². The fourth-order valence-corrected chi connectivity index (χ4v) is 1.67. The molecule has 0 aliphatic heterocycles. The third kappa shape index (κ3) is 3.18. The maximum atomic E-state index is 10.7. The number of carboxylic acid groups (broad SMARTS) is 1. The van der Waals surface area contributed by atoms with E-state index in [4.69, 9.17) is 9.52 Å². The molecule has 0 atom stereocenters. The van der Waals surface area contributed by atoms with E-state index in [-0.39, 0.29) is 5.56 Å². The quantitative estimate of drug-likeness (QED) is 0.874. The highest BCUT2D eigenvalue weighted by Gasteiger charge is 2.06. The average molecular weight is 246 g/mol. The summed E-state index contributed by atoms with van der Waals surface area (Å²) in [6, 6.07) is 5.21. The van der Waals surface area contributed by atoms with Crippen LogP contribution in [0.2, 0.25) is 0 Å². The van der Waals surface area contributed by atoms with Crippen molar-refractivity contribution in [3.63, 3.8) is 0 Å². The third-order valence-electron chi connectivity index (χ3n) is 2.54. The molecule has 0 amide bonds. The van der Waals surface area contributed by atoms with Crippen molar-refractivity contribution in [1.29, 1.82) is 0 Å². The number of hydrogen-bond acceptors (Lipinski definition) is 4. The summed E-state index contributed by atoms with van der Waals surface area (Å²) in [6.45, 7) is 1.42. The number of pyridine rings is 1. The second-order valence-electron chi connectivity index (χ2n) is 4.15. The van der Waals surface area contributed by atoms with Gasteiger partial charge in [-0.2, -0.15) is 0 Å². The van der Waals surface area contributed by atoms with Gasteiger partial charge in [0, 0.05) is 24.8 Å². The van der Waals surface area contributed by atoms with E-state index in [1.807, 2.05) is 13.1 Å². The van der Waals surface area contributed by atoms with Crippen LogP contribution in [0.3, 0.4) is 0 Å². The summed E-state index contributed by atoms with van der Waals surface area (Å²) >= 11 is 0. The number of aromatic nitrogens is 1. The predicted octanol–water partition coefficient (Wildman–Crippen LogP) is 2.00. The summed E-state index contributed by atoms with van der Waals surface area (Å²) in [6.07, 6.45) is 4.73. The highest BCUT2D eigenvalue weighted by atomic mass is 16.4. The Morgan fingerprint density at radius 1 is 1.39 bits per heavy atom. The van der Waals surface area contributed by atoms with Crippen LogP contribution in [0.1, 0.15) is 21.6 Å². The van der Waals surface area contributed by atoms with E-state index >= 15 is 0 Å². The van der Waals surface area contributed by atoms with Crippen LogP contribution in [0.15, 0.2) is 41.3 Å². The standard InChI is InChI=1S/C13H14N2O3/c1-15(7-10-4-5-18-9-10)8-12-3-2-11(6-14-12)13(16)17/h2-6,9H,7-8H2,1H3,(H,16,17). The molecule has 0 spiro atoms. The Morgan fingerprint density at radius 3 is 2.78 bits per heavy atom. The van der Waals surface area contributed by atoms with Gasteiger partial charge in [-0.15, -0.1) is 0 Å². The van der Waals surface area contributed by atoms with Gasteiger partial charge in [0.05, 0.1) is 23.8 Å². The number of aromatic carboxylic acids is 1. The fraction of sp³-hybridized carbons (Fsp3) is 0.231. The lowest BCUT2D eigenvalue weighted by atomic mass is 10.2. The first kappa shape index (κ1) is 12.3. The lowest BCUT2D eigenvalue weighted by Crippen LogP contribution is -2.17. The van der Waals surface area contributed by atoms with Gasteiger partial charge in [-0.1, -0.05) is 0 Å². The number of hydrogen-bond donors (Lipinski definition) is 1. The minimum atomic E-state index is -0.958. The first-order valence-electron chi connectivity index (χ1n) is 5.53. The van der Waals surface area contributed by atoms with E-state index in [0.29, 0.717) is 6.54 Å². The lowest BCUT2D eigenvalue weighted by Gasteiger charge is -2.14. The Bertz CT molecular complexity index is 506. The van der Waals surface area contributed by atoms with Crippen molar-refractivity contribution in [1.82, 2.24) is 9.88 Å². The van der Waals surface area contributed by atoms with Crippen molar-refractivity contribution in [3.8, 4) is 0 Å². The molecule has 5 nitrogen and oxygen atoms in total. The minimum absolute atomic E-state index is 0.205. The molecule has 0 fully saturated rings. The van der Waals surface area contributed by atoms with Crippen molar-refractivity contribution in [2.45, 2.75) is 13.1 Å². The Labute approximate surface area is 105 Å². The second-order valence-corrected chi connectivity index (χ2v) is 4.15. The first-order chi connectivity index (χ1) is 8.65. The molecular formula is C13H14N2O3. The highest BCUT2D eigenvalue weighted by molar-refractivity contribution is 5.87. The number of carboxylic acids is 1. The molecule has 1 N–H and O–H groups in total. The van der Waals surface area contributed by atoms with Crippen LogP contribution in [-0.4, -0.2) is 28.0 Å². The topological polar surface area (TPSA) is 66.6 Å². The molecule has 2 heterocycles. The molecule has 2 aromatic rings. The summed E-state index contributed by atoms with van der Waals surface area (Å²) in [7, 11) is 1.97. The molecule has 0 aliphatic rings. The van der Waals surface area contributed by atoms with Crippen LogP contribution in [-0.2, 0) is 13.1 Å². The van der Waals surface area contributed by atoms with Crippen LogP contribution in [0.5, 0.6) is 0 Å². The van der Waals surface area contributed by atoms with E-state index in [1.165, 1.54) is 6.20 Å². The van der Waals surface area contributed by atoms with Crippen LogP contribution >= 0.6 is 0 Å². The van der Waals surface area contributed by atoms with Gasteiger partial charge in [-0.25, -0.2) is 4.79 Å². The Hall–Kier alpha value is -2.14. The Morgan fingerprint density at radius 2 is 2.22 bits per heavy atom. The van der Waals surface area contributed by atoms with Crippen LogP contribution < -0.4 is 0 Å². The highest BCUT2D eigenvalue weighted by Crippen LogP contribution is 2.07. The van der Waals surface area contributed by atoms with Crippen molar-refractivity contribution < 1.29 is 14.3 Å². The molecule has 0 aliphatic carbocycles. The average Bonchev–Trinajstić information content (AvgIpc) is 2.82. The molecule has 18 heavy (non-hydrogen) atoms. The largest absolute Gasteiger partial charge is 0.478 e. The molecule has 2 rings (SSSR count). The monoisotopic (exact) mass is 246 g/mol. The second kappa shape index (κ2) is 5.46. The van der Waals surface area contributed by atoms with Crippen molar-refractivity contribution in [2.75, 3.05) is 7.05 Å². The molecule has 94 valence electrons. The van der Waals surface area contributed by atoms with Crippen LogP contribution in [0.25, 0.3) is 0 Å². The van der Waals surface area contributed by atoms with E-state index in [2.05, 4.69) is 9.88 Å². The zero-order valence-electron chi connectivity index (χ0n) is 10.0. The van der Waals surface area contributed by atoms with Gasteiger partial charge in [-0.05, 0) is 25.2 Å². The van der Waals surface area contributed by atoms with E-state index in [1.54, 1.807) is 24.7 Å². The van der Waals surface area contributed by atoms with Crippen LogP contribution in [0, 0.1) is 0 Å². The number of furan rings is 1. The van der Waals surface area contributed by atoms with Gasteiger partial charge in [0.25, 0.3) is 0 Å². The Balaban J connectivity index is 1.94. The van der Waals surface area contributed by atoms with Crippen molar-refractivity contribution in [2.24, 2.45) is 0 Å². The number of rotatable bonds is 5. The smallest absolute Gasteiger partial charge is 0.337 e. The van der Waals surface area contributed by atoms with Gasteiger partial charge < -0.3 is 9.52 Å². The van der Waals surface area contributed by atoms with Crippen molar-refractivity contribution >= 4 is 5.97 Å². The van der Waals surface area contributed by atoms with Crippen LogP contribution in [0.4, 0.5) is 0 Å². The fourth-order valence-electron chi connectivity index (χ4n) is 1.67. The Kier molecular flexibility index (Phi) is 3.74. The molecule has 0 bridgehead atoms. The molecule has 0 radical (unpaired) electrons. The zero-order chi connectivity index (χ0) is 13.0. The molecule has 0 saturated heterocycles. The zero-order valence-corrected chi connectivity index (χ0v) is 10.0. The maximum absolute atomic E-state index is 10.7. The first-order valence-corrected chi connectivity index (χ1v) is 5.53. The van der Waals surface area contributed by atoms with Gasteiger partial charge >= 0.3 is 5.97 Å². The van der Waals surface area contributed by atoms with Gasteiger partial charge in [0.1, 0.15) is 0 Å². The number of nitrogens with zero attached hydrogens (tertiary/aromatic N) is 2. The molecule has 0 unspecified atom stereocenters. The summed E-state index contributed by atoms with van der Waals surface area (Å²) in [4.78, 5) is 16.9. The third-order valence-corrected chi connectivity index (χ3v) is 2.54. The summed E-state index contributed by atoms with van der Waals surface area (Å²) in [5.74, 6) is -0.958. The van der Waals surface area contributed by atoms with Gasteiger partial charge in [0.15, 0.2) is 0 Å². The van der Waals surface area contributed by atoms with E-state index in [0.717, 1.165) is 17.8 Å². The SMILES string of the molecule is CN(Cc1ccoc1)Cc1ccc(C(=O)O)cn1. The predicted molar refractivity (Wildman–Crippen MR) is 65.1 cm³/mol. The summed E-state index contributed by atoms with van der Waals surface area (Å²) in [5, 5.41) is 8.77. The lowest BCUT2D eigenvalue weighted by molar-refractivity contribution is 0.0696. The molecule has 5 heteroatoms. The van der Waals surface area contributed by atoms with E-state index < -0.39 is 5.97 Å². The van der Waals surface area contributed by atoms with Crippen molar-refractivity contribution in [3.05, 3.63) is 53.7 Å². The molecule has 0 saturated carbocycles. The molecule has 0 aromatic carbocycles. The summed E-state index contributed by atoms with van der Waals surface area (Å²) in [5.41, 5.74) is 2.14.